The normalized spacial score (nSPS) is 18.2. The van der Waals surface area contributed by atoms with Crippen molar-refractivity contribution in [3.63, 3.8) is 0 Å². The topological polar surface area (TPSA) is 98.1 Å². The van der Waals surface area contributed by atoms with Crippen LogP contribution in [0, 0.1) is 0 Å². The van der Waals surface area contributed by atoms with Gasteiger partial charge in [0.1, 0.15) is 12.2 Å². The Hall–Kier alpha value is -4.69. The van der Waals surface area contributed by atoms with Crippen LogP contribution in [0.3, 0.4) is 0 Å². The number of hydrogen-bond donors (Lipinski definition) is 1. The number of carbonyl (C=O) groups excluding carboxylic acids is 1. The van der Waals surface area contributed by atoms with Crippen molar-refractivity contribution in [3.8, 4) is 5.75 Å². The van der Waals surface area contributed by atoms with E-state index >= 15 is 0 Å². The van der Waals surface area contributed by atoms with E-state index in [2.05, 4.69) is 0 Å². The van der Waals surface area contributed by atoms with Crippen LogP contribution in [0.1, 0.15) is 55.9 Å². The third-order valence-corrected chi connectivity index (χ3v) is 7.52. The molecule has 3 aromatic carbocycles. The predicted octanol–water partition coefficient (Wildman–Crippen LogP) is 4.70. The minimum atomic E-state index is -1.39. The van der Waals surface area contributed by atoms with E-state index in [-0.39, 0.29) is 24.0 Å². The predicted molar refractivity (Wildman–Crippen MR) is 148 cm³/mol. The van der Waals surface area contributed by atoms with Crippen molar-refractivity contribution < 1.29 is 24.2 Å². The number of amides is 1. The minimum absolute atomic E-state index is 0.00479. The number of ether oxygens (including phenoxy) is 2. The first-order valence-corrected chi connectivity index (χ1v) is 13.3. The fourth-order valence-corrected chi connectivity index (χ4v) is 5.73. The molecule has 8 nitrogen and oxygen atoms in total. The lowest BCUT2D eigenvalue weighted by atomic mass is 9.82. The number of fused-ring (bicyclic) bond motifs is 2. The SMILES string of the molecule is O=C(O)c1cn2c(c(OCc3ccccc3)c1=O)C(=O)N1CCCO[C@H]1C2C(c1ccccc1)c1ccccc1. The average Bonchev–Trinajstić information content (AvgIpc) is 3.00. The lowest BCUT2D eigenvalue weighted by molar-refractivity contribution is -0.114. The zero-order valence-corrected chi connectivity index (χ0v) is 21.7. The second kappa shape index (κ2) is 10.8. The number of pyridine rings is 1. The van der Waals surface area contributed by atoms with E-state index in [0.29, 0.717) is 19.6 Å². The van der Waals surface area contributed by atoms with Gasteiger partial charge >= 0.3 is 5.97 Å². The molecule has 1 fully saturated rings. The summed E-state index contributed by atoms with van der Waals surface area (Å²) in [5.41, 5.74) is 1.47. The zero-order valence-electron chi connectivity index (χ0n) is 21.7. The summed E-state index contributed by atoms with van der Waals surface area (Å²) < 4.78 is 13.9. The average molecular weight is 537 g/mol. The third-order valence-electron chi connectivity index (χ3n) is 7.52. The Morgan fingerprint density at radius 3 is 2.12 bits per heavy atom. The van der Waals surface area contributed by atoms with Crippen molar-refractivity contribution in [2.75, 3.05) is 13.2 Å². The van der Waals surface area contributed by atoms with Gasteiger partial charge in [-0.25, -0.2) is 4.79 Å². The molecule has 40 heavy (non-hydrogen) atoms. The minimum Gasteiger partial charge on any atom is -0.483 e. The van der Waals surface area contributed by atoms with Crippen LogP contribution in [-0.4, -0.2) is 45.8 Å². The van der Waals surface area contributed by atoms with Gasteiger partial charge in [-0.15, -0.1) is 0 Å². The number of benzene rings is 3. The van der Waals surface area contributed by atoms with E-state index in [1.54, 1.807) is 9.47 Å². The molecule has 0 spiro atoms. The van der Waals surface area contributed by atoms with Crippen molar-refractivity contribution in [1.29, 1.82) is 0 Å². The molecule has 1 N–H and O–H groups in total. The molecular weight excluding hydrogens is 508 g/mol. The summed E-state index contributed by atoms with van der Waals surface area (Å²) in [7, 11) is 0. The Bertz CT molecular complexity index is 1550. The lowest BCUT2D eigenvalue weighted by Crippen LogP contribution is -2.57. The largest absolute Gasteiger partial charge is 0.483 e. The number of carbonyl (C=O) groups is 2. The number of hydrogen-bond acceptors (Lipinski definition) is 5. The number of aromatic nitrogens is 1. The Kier molecular flexibility index (Phi) is 6.92. The summed E-state index contributed by atoms with van der Waals surface area (Å²) in [6, 6.07) is 28.3. The molecule has 4 aromatic rings. The number of nitrogens with zero attached hydrogens (tertiary/aromatic N) is 2. The van der Waals surface area contributed by atoms with E-state index in [1.165, 1.54) is 6.20 Å². The van der Waals surface area contributed by atoms with Crippen molar-refractivity contribution in [2.24, 2.45) is 0 Å². The Balaban J connectivity index is 1.60. The van der Waals surface area contributed by atoms with E-state index in [1.807, 2.05) is 91.0 Å². The monoisotopic (exact) mass is 536 g/mol. The molecule has 0 radical (unpaired) electrons. The van der Waals surface area contributed by atoms with Gasteiger partial charge in [-0.05, 0) is 23.1 Å². The molecule has 3 heterocycles. The van der Waals surface area contributed by atoms with Gasteiger partial charge in [0.2, 0.25) is 5.43 Å². The van der Waals surface area contributed by atoms with E-state index in [9.17, 15) is 19.5 Å². The fraction of sp³-hybridized carbons (Fsp3) is 0.219. The van der Waals surface area contributed by atoms with Gasteiger partial charge in [-0.1, -0.05) is 91.0 Å². The number of carboxylic acid groups (broad SMARTS) is 1. The van der Waals surface area contributed by atoms with Crippen LogP contribution < -0.4 is 10.2 Å². The van der Waals surface area contributed by atoms with Gasteiger partial charge < -0.3 is 24.0 Å². The van der Waals surface area contributed by atoms with Crippen LogP contribution in [0.25, 0.3) is 0 Å². The van der Waals surface area contributed by atoms with Gasteiger partial charge in [0.05, 0.1) is 12.6 Å². The highest BCUT2D eigenvalue weighted by molar-refractivity contribution is 5.98. The van der Waals surface area contributed by atoms with E-state index < -0.39 is 35.1 Å². The Morgan fingerprint density at radius 2 is 1.52 bits per heavy atom. The molecule has 1 amide bonds. The van der Waals surface area contributed by atoms with Gasteiger partial charge in [-0.3, -0.25) is 9.59 Å². The Labute approximate surface area is 231 Å². The molecule has 2 aliphatic rings. The number of aromatic carboxylic acids is 1. The highest BCUT2D eigenvalue weighted by Gasteiger charge is 2.48. The van der Waals surface area contributed by atoms with Crippen molar-refractivity contribution in [2.45, 2.75) is 31.2 Å². The molecule has 0 saturated carbocycles. The first-order valence-electron chi connectivity index (χ1n) is 13.3. The summed E-state index contributed by atoms with van der Waals surface area (Å²) in [6.45, 7) is 0.911. The summed E-state index contributed by atoms with van der Waals surface area (Å²) in [6.07, 6.45) is 1.25. The molecule has 1 saturated heterocycles. The van der Waals surface area contributed by atoms with Gasteiger partial charge in [0, 0.05) is 18.7 Å². The molecule has 0 aliphatic carbocycles. The molecule has 8 heteroatoms. The molecule has 202 valence electrons. The number of carboxylic acids is 1. The van der Waals surface area contributed by atoms with Gasteiger partial charge in [0.25, 0.3) is 5.91 Å². The van der Waals surface area contributed by atoms with Crippen molar-refractivity contribution in [3.05, 3.63) is 135 Å². The summed E-state index contributed by atoms with van der Waals surface area (Å²) in [5, 5.41) is 10.0. The van der Waals surface area contributed by atoms with Crippen LogP contribution >= 0.6 is 0 Å². The maximum absolute atomic E-state index is 14.0. The maximum Gasteiger partial charge on any atom is 0.341 e. The highest BCUT2D eigenvalue weighted by atomic mass is 16.5. The molecule has 0 bridgehead atoms. The Morgan fingerprint density at radius 1 is 0.925 bits per heavy atom. The maximum atomic E-state index is 14.0. The van der Waals surface area contributed by atoms with Crippen molar-refractivity contribution in [1.82, 2.24) is 9.47 Å². The summed E-state index contributed by atoms with van der Waals surface area (Å²) in [4.78, 5) is 41.5. The molecule has 2 aliphatic heterocycles. The van der Waals surface area contributed by atoms with E-state index in [0.717, 1.165) is 16.7 Å². The van der Waals surface area contributed by atoms with Gasteiger partial charge in [-0.2, -0.15) is 0 Å². The van der Waals surface area contributed by atoms with Crippen LogP contribution in [0.4, 0.5) is 0 Å². The summed E-state index contributed by atoms with van der Waals surface area (Å²) in [5.74, 6) is -2.40. The lowest BCUT2D eigenvalue weighted by Gasteiger charge is -2.48. The standard InChI is InChI=1S/C32H28N2O6/c35-28-24(32(37)38)19-34-26(25(22-13-6-2-7-14-22)23-15-8-3-9-16-23)31-33(17-10-18-39-31)30(36)27(34)29(28)40-20-21-11-4-1-5-12-21/h1-9,11-16,19,25-26,31H,10,17-18,20H2,(H,37,38)/t26?,31-/m0/s1. The van der Waals surface area contributed by atoms with E-state index in [4.69, 9.17) is 9.47 Å². The van der Waals surface area contributed by atoms with Crippen LogP contribution in [0.15, 0.2) is 102 Å². The quantitative estimate of drug-likeness (QED) is 0.368. The van der Waals surface area contributed by atoms with Crippen LogP contribution in [0.5, 0.6) is 5.75 Å². The summed E-state index contributed by atoms with van der Waals surface area (Å²) >= 11 is 0. The second-order valence-corrected chi connectivity index (χ2v) is 9.94. The zero-order chi connectivity index (χ0) is 27.6. The third kappa shape index (κ3) is 4.56. The highest BCUT2D eigenvalue weighted by Crippen LogP contribution is 2.44. The molecular formula is C32H28N2O6. The molecule has 2 atom stereocenters. The van der Waals surface area contributed by atoms with Crippen LogP contribution in [0.2, 0.25) is 0 Å². The first-order chi connectivity index (χ1) is 19.5. The molecule has 1 unspecified atom stereocenters. The van der Waals surface area contributed by atoms with Gasteiger partial charge in [0.15, 0.2) is 17.7 Å². The number of rotatable bonds is 7. The van der Waals surface area contributed by atoms with Crippen LogP contribution in [-0.2, 0) is 11.3 Å². The van der Waals surface area contributed by atoms with Crippen molar-refractivity contribution >= 4 is 11.9 Å². The second-order valence-electron chi connectivity index (χ2n) is 9.94. The smallest absolute Gasteiger partial charge is 0.341 e. The molecule has 1 aromatic heterocycles. The first kappa shape index (κ1) is 25.6. The molecule has 6 rings (SSSR count). The fourth-order valence-electron chi connectivity index (χ4n) is 5.73.